The van der Waals surface area contributed by atoms with Crippen LogP contribution in [-0.2, 0) is 6.42 Å². The fourth-order valence-corrected chi connectivity index (χ4v) is 1.92. The van der Waals surface area contributed by atoms with Crippen molar-refractivity contribution < 1.29 is 4.42 Å². The van der Waals surface area contributed by atoms with Crippen LogP contribution in [-0.4, -0.2) is 11.5 Å². The third kappa shape index (κ3) is 3.17. The molecule has 0 saturated heterocycles. The molecule has 0 aromatic carbocycles. The summed E-state index contributed by atoms with van der Waals surface area (Å²) in [6.07, 6.45) is 2.54. The summed E-state index contributed by atoms with van der Waals surface area (Å²) in [5, 5.41) is 3.44. The summed E-state index contributed by atoms with van der Waals surface area (Å²) in [6, 6.07) is 10.3. The Morgan fingerprint density at radius 2 is 2.18 bits per heavy atom. The van der Waals surface area contributed by atoms with Crippen molar-refractivity contribution in [3.05, 3.63) is 53.7 Å². The van der Waals surface area contributed by atoms with Gasteiger partial charge in [-0.05, 0) is 37.7 Å². The van der Waals surface area contributed by atoms with E-state index < -0.39 is 0 Å². The number of nitrogens with one attached hydrogen (secondary N) is 1. The molecule has 0 aliphatic heterocycles. The highest BCUT2D eigenvalue weighted by molar-refractivity contribution is 5.15. The average molecular weight is 230 g/mol. The van der Waals surface area contributed by atoms with Crippen LogP contribution in [0, 0.1) is 6.92 Å². The van der Waals surface area contributed by atoms with E-state index in [0.29, 0.717) is 0 Å². The van der Waals surface area contributed by atoms with E-state index in [1.807, 2.05) is 31.2 Å². The van der Waals surface area contributed by atoms with E-state index in [9.17, 15) is 0 Å². The zero-order valence-electron chi connectivity index (χ0n) is 10.3. The van der Waals surface area contributed by atoms with Crippen molar-refractivity contribution in [1.82, 2.24) is 10.3 Å². The Morgan fingerprint density at radius 3 is 2.82 bits per heavy atom. The van der Waals surface area contributed by atoms with Gasteiger partial charge in [-0.25, -0.2) is 0 Å². The Morgan fingerprint density at radius 1 is 1.29 bits per heavy atom. The van der Waals surface area contributed by atoms with Crippen LogP contribution in [0.2, 0.25) is 0 Å². The number of pyridine rings is 1. The van der Waals surface area contributed by atoms with Crippen molar-refractivity contribution in [3.63, 3.8) is 0 Å². The number of hydrogen-bond donors (Lipinski definition) is 1. The monoisotopic (exact) mass is 230 g/mol. The van der Waals surface area contributed by atoms with Gasteiger partial charge in [0.1, 0.15) is 5.76 Å². The number of rotatable bonds is 5. The molecule has 0 aliphatic carbocycles. The van der Waals surface area contributed by atoms with Crippen molar-refractivity contribution in [2.75, 3.05) is 6.54 Å². The molecule has 2 heterocycles. The summed E-state index contributed by atoms with van der Waals surface area (Å²) < 4.78 is 5.39. The number of hydrogen-bond acceptors (Lipinski definition) is 3. The molecule has 0 saturated carbocycles. The number of aromatic nitrogens is 1. The van der Waals surface area contributed by atoms with Gasteiger partial charge in [0.2, 0.25) is 0 Å². The maximum absolute atomic E-state index is 5.39. The Kier molecular flexibility index (Phi) is 3.94. The third-order valence-corrected chi connectivity index (χ3v) is 2.70. The Bertz CT molecular complexity index is 451. The molecule has 3 nitrogen and oxygen atoms in total. The molecule has 2 aromatic rings. The van der Waals surface area contributed by atoms with Gasteiger partial charge in [-0.3, -0.25) is 4.98 Å². The molecular weight excluding hydrogens is 212 g/mol. The van der Waals surface area contributed by atoms with Crippen molar-refractivity contribution in [1.29, 1.82) is 0 Å². The van der Waals surface area contributed by atoms with E-state index in [-0.39, 0.29) is 6.04 Å². The minimum atomic E-state index is 0.214. The van der Waals surface area contributed by atoms with E-state index in [4.69, 9.17) is 4.42 Å². The molecule has 1 unspecified atom stereocenters. The van der Waals surface area contributed by atoms with Crippen molar-refractivity contribution >= 4 is 0 Å². The first-order valence-corrected chi connectivity index (χ1v) is 5.99. The predicted molar refractivity (Wildman–Crippen MR) is 67.8 cm³/mol. The van der Waals surface area contributed by atoms with E-state index in [2.05, 4.69) is 23.3 Å². The Hall–Kier alpha value is -1.61. The van der Waals surface area contributed by atoms with Gasteiger partial charge in [-0.1, -0.05) is 13.0 Å². The number of likely N-dealkylation sites (N-methyl/N-ethyl adjacent to an activating group) is 1. The lowest BCUT2D eigenvalue weighted by atomic mass is 10.1. The maximum atomic E-state index is 5.39. The third-order valence-electron chi connectivity index (χ3n) is 2.70. The lowest BCUT2D eigenvalue weighted by molar-refractivity contribution is 0.449. The maximum Gasteiger partial charge on any atom is 0.105 e. The molecule has 1 N–H and O–H groups in total. The molecule has 2 aromatic heterocycles. The second-order valence-electron chi connectivity index (χ2n) is 4.10. The summed E-state index contributed by atoms with van der Waals surface area (Å²) in [4.78, 5) is 4.57. The van der Waals surface area contributed by atoms with Crippen LogP contribution in [0.5, 0.6) is 0 Å². The summed E-state index contributed by atoms with van der Waals surface area (Å²) >= 11 is 0. The predicted octanol–water partition coefficient (Wildman–Crippen LogP) is 2.88. The SMILES string of the molecule is CCNC(Cc1ccco1)c1cccc(C)n1. The van der Waals surface area contributed by atoms with Crippen LogP contribution in [0.3, 0.4) is 0 Å². The van der Waals surface area contributed by atoms with Gasteiger partial charge < -0.3 is 9.73 Å². The molecule has 0 bridgehead atoms. The van der Waals surface area contributed by atoms with Crippen LogP contribution < -0.4 is 5.32 Å². The largest absolute Gasteiger partial charge is 0.469 e. The summed E-state index contributed by atoms with van der Waals surface area (Å²) in [5.74, 6) is 0.985. The zero-order chi connectivity index (χ0) is 12.1. The van der Waals surface area contributed by atoms with Crippen molar-refractivity contribution in [2.45, 2.75) is 26.3 Å². The minimum Gasteiger partial charge on any atom is -0.469 e. The smallest absolute Gasteiger partial charge is 0.105 e. The lowest BCUT2D eigenvalue weighted by Crippen LogP contribution is -2.23. The van der Waals surface area contributed by atoms with E-state index >= 15 is 0 Å². The molecule has 17 heavy (non-hydrogen) atoms. The molecule has 3 heteroatoms. The summed E-state index contributed by atoms with van der Waals surface area (Å²) in [6.45, 7) is 5.03. The molecule has 0 radical (unpaired) electrons. The van der Waals surface area contributed by atoms with Gasteiger partial charge in [0, 0.05) is 12.1 Å². The van der Waals surface area contributed by atoms with Crippen LogP contribution in [0.4, 0.5) is 0 Å². The number of furan rings is 1. The minimum absolute atomic E-state index is 0.214. The van der Waals surface area contributed by atoms with Gasteiger partial charge >= 0.3 is 0 Å². The van der Waals surface area contributed by atoms with Crippen molar-refractivity contribution in [3.8, 4) is 0 Å². The first-order chi connectivity index (χ1) is 8.29. The van der Waals surface area contributed by atoms with Crippen molar-refractivity contribution in [2.24, 2.45) is 0 Å². The standard InChI is InChI=1S/C14H18N2O/c1-3-15-14(10-12-7-5-9-17-12)13-8-4-6-11(2)16-13/h4-9,14-15H,3,10H2,1-2H3. The van der Waals surface area contributed by atoms with Gasteiger partial charge in [0.15, 0.2) is 0 Å². The number of aryl methyl sites for hydroxylation is 1. The normalized spacial score (nSPS) is 12.6. The molecule has 1 atom stereocenters. The Balaban J connectivity index is 2.16. The van der Waals surface area contributed by atoms with E-state index in [0.717, 1.165) is 30.1 Å². The van der Waals surface area contributed by atoms with E-state index in [1.165, 1.54) is 0 Å². The second-order valence-corrected chi connectivity index (χ2v) is 4.10. The quantitative estimate of drug-likeness (QED) is 0.858. The molecule has 0 amide bonds. The molecule has 0 spiro atoms. The first kappa shape index (κ1) is 11.9. The topological polar surface area (TPSA) is 38.1 Å². The Labute approximate surface area is 102 Å². The van der Waals surface area contributed by atoms with Gasteiger partial charge in [0.25, 0.3) is 0 Å². The van der Waals surface area contributed by atoms with Gasteiger partial charge in [-0.15, -0.1) is 0 Å². The zero-order valence-corrected chi connectivity index (χ0v) is 10.3. The fraction of sp³-hybridized carbons (Fsp3) is 0.357. The summed E-state index contributed by atoms with van der Waals surface area (Å²) in [7, 11) is 0. The van der Waals surface area contributed by atoms with Crippen LogP contribution in [0.1, 0.15) is 30.1 Å². The highest BCUT2D eigenvalue weighted by atomic mass is 16.3. The molecule has 2 rings (SSSR count). The van der Waals surface area contributed by atoms with Crippen LogP contribution in [0.15, 0.2) is 41.0 Å². The number of nitrogens with zero attached hydrogens (tertiary/aromatic N) is 1. The van der Waals surface area contributed by atoms with Crippen LogP contribution >= 0.6 is 0 Å². The van der Waals surface area contributed by atoms with Crippen LogP contribution in [0.25, 0.3) is 0 Å². The first-order valence-electron chi connectivity index (χ1n) is 5.99. The molecule has 0 aliphatic rings. The fourth-order valence-electron chi connectivity index (χ4n) is 1.92. The highest BCUT2D eigenvalue weighted by Crippen LogP contribution is 2.17. The van der Waals surface area contributed by atoms with E-state index in [1.54, 1.807) is 6.26 Å². The van der Waals surface area contributed by atoms with Gasteiger partial charge in [0.05, 0.1) is 18.0 Å². The lowest BCUT2D eigenvalue weighted by Gasteiger charge is -2.16. The second kappa shape index (κ2) is 5.64. The molecule has 90 valence electrons. The summed E-state index contributed by atoms with van der Waals surface area (Å²) in [5.41, 5.74) is 2.12. The van der Waals surface area contributed by atoms with Gasteiger partial charge in [-0.2, -0.15) is 0 Å². The molecule has 0 fully saturated rings. The highest BCUT2D eigenvalue weighted by Gasteiger charge is 2.13. The average Bonchev–Trinajstić information content (AvgIpc) is 2.81. The molecular formula is C14H18N2O.